The highest BCUT2D eigenvalue weighted by Crippen LogP contribution is 2.34. The van der Waals surface area contributed by atoms with Gasteiger partial charge in [0.25, 0.3) is 5.91 Å². The lowest BCUT2D eigenvalue weighted by molar-refractivity contribution is -0.137. The Bertz CT molecular complexity index is 1350. The molecule has 3 aromatic rings. The Balaban J connectivity index is 1.93. The summed E-state index contributed by atoms with van der Waals surface area (Å²) in [6, 6.07) is 14.8. The van der Waals surface area contributed by atoms with E-state index in [1.54, 1.807) is 23.1 Å². The number of alkyl halides is 3. The van der Waals surface area contributed by atoms with Crippen LogP contribution in [0.5, 0.6) is 11.5 Å². The van der Waals surface area contributed by atoms with Crippen LogP contribution in [0.15, 0.2) is 71.6 Å². The van der Waals surface area contributed by atoms with Crippen LogP contribution in [0, 0.1) is 6.92 Å². The van der Waals surface area contributed by atoms with Crippen molar-refractivity contribution < 1.29 is 35.3 Å². The summed E-state index contributed by atoms with van der Waals surface area (Å²) in [5.74, 6) is -0.340. The molecule has 0 aliphatic rings. The van der Waals surface area contributed by atoms with Crippen LogP contribution >= 0.6 is 0 Å². The summed E-state index contributed by atoms with van der Waals surface area (Å²) in [6.45, 7) is 5.68. The molecule has 0 atom stereocenters. The second kappa shape index (κ2) is 10.6. The Morgan fingerprint density at radius 2 is 1.67 bits per heavy atom. The summed E-state index contributed by atoms with van der Waals surface area (Å²) >= 11 is 0. The fourth-order valence-corrected chi connectivity index (χ4v) is 4.51. The lowest BCUT2D eigenvalue weighted by Gasteiger charge is -2.28. The number of nitrogens with zero attached hydrogens (tertiary/aromatic N) is 1. The van der Waals surface area contributed by atoms with Crippen LogP contribution in [0.3, 0.4) is 0 Å². The molecule has 0 aliphatic carbocycles. The molecule has 3 rings (SSSR count). The number of rotatable bonds is 8. The predicted molar refractivity (Wildman–Crippen MR) is 128 cm³/mol. The fraction of sp³-hybridized carbons (Fsp3) is 0.269. The van der Waals surface area contributed by atoms with E-state index in [0.717, 1.165) is 23.8 Å². The zero-order valence-electron chi connectivity index (χ0n) is 20.2. The number of carbonyl (C=O) groups excluding carboxylic acids is 1. The molecule has 6 nitrogen and oxygen atoms in total. The zero-order valence-corrected chi connectivity index (χ0v) is 21.0. The van der Waals surface area contributed by atoms with Crippen LogP contribution in [0.2, 0.25) is 0 Å². The minimum Gasteiger partial charge on any atom is -0.493 e. The molecular weight excluding hydrogens is 495 g/mol. The number of amides is 1. The second-order valence-corrected chi connectivity index (χ2v) is 9.94. The first-order chi connectivity index (χ1) is 16.8. The van der Waals surface area contributed by atoms with Gasteiger partial charge < -0.3 is 13.8 Å². The highest BCUT2D eigenvalue weighted by molar-refractivity contribution is 7.87. The number of halogens is 3. The molecule has 0 saturated carbocycles. The Kier molecular flexibility index (Phi) is 7.98. The Morgan fingerprint density at radius 1 is 0.972 bits per heavy atom. The number of aryl methyl sites for hydroxylation is 1. The van der Waals surface area contributed by atoms with Gasteiger partial charge in [-0.15, -0.1) is 0 Å². The van der Waals surface area contributed by atoms with Crippen molar-refractivity contribution in [1.29, 1.82) is 0 Å². The summed E-state index contributed by atoms with van der Waals surface area (Å²) in [5.41, 5.74) is 0.790. The van der Waals surface area contributed by atoms with E-state index in [4.69, 9.17) is 8.92 Å². The van der Waals surface area contributed by atoms with E-state index in [-0.39, 0.29) is 30.0 Å². The average molecular weight is 522 g/mol. The molecule has 0 fully saturated rings. The Labute approximate surface area is 208 Å². The molecule has 0 N–H and O–H groups in total. The van der Waals surface area contributed by atoms with E-state index < -0.39 is 26.8 Å². The van der Waals surface area contributed by atoms with Crippen LogP contribution in [0.1, 0.15) is 40.9 Å². The van der Waals surface area contributed by atoms with Crippen LogP contribution in [0.4, 0.5) is 13.2 Å². The van der Waals surface area contributed by atoms with Gasteiger partial charge in [0.05, 0.1) is 12.7 Å². The molecule has 0 spiro atoms. The number of hydrogen-bond donors (Lipinski definition) is 0. The molecule has 3 aromatic carbocycles. The normalized spacial score (nSPS) is 11.9. The molecule has 0 saturated heterocycles. The van der Waals surface area contributed by atoms with Gasteiger partial charge >= 0.3 is 16.3 Å². The third-order valence-corrected chi connectivity index (χ3v) is 6.72. The monoisotopic (exact) mass is 521 g/mol. The van der Waals surface area contributed by atoms with Crippen LogP contribution in [-0.2, 0) is 22.8 Å². The Morgan fingerprint density at radius 3 is 2.28 bits per heavy atom. The van der Waals surface area contributed by atoms with E-state index in [9.17, 15) is 26.4 Å². The molecule has 0 aromatic heterocycles. The van der Waals surface area contributed by atoms with Gasteiger partial charge in [-0.05, 0) is 68.3 Å². The summed E-state index contributed by atoms with van der Waals surface area (Å²) in [6.07, 6.45) is -4.72. The summed E-state index contributed by atoms with van der Waals surface area (Å²) in [5, 5.41) is 0. The van der Waals surface area contributed by atoms with Crippen LogP contribution in [-0.4, -0.2) is 32.4 Å². The second-order valence-electron chi connectivity index (χ2n) is 8.39. The van der Waals surface area contributed by atoms with Gasteiger partial charge in [-0.2, -0.15) is 21.6 Å². The maximum atomic E-state index is 13.2. The van der Waals surface area contributed by atoms with E-state index in [2.05, 4.69) is 0 Å². The lowest BCUT2D eigenvalue weighted by atomic mass is 10.1. The SMILES string of the molecule is COc1ccc(CN(C(=O)c2ccccc2C)C(C)C)cc1OS(=O)(=O)c1cccc(C(F)(F)F)c1. The molecule has 0 heterocycles. The van der Waals surface area contributed by atoms with Crippen LogP contribution in [0.25, 0.3) is 0 Å². The highest BCUT2D eigenvalue weighted by Gasteiger charge is 2.32. The molecule has 0 unspecified atom stereocenters. The van der Waals surface area contributed by atoms with Gasteiger partial charge in [0.15, 0.2) is 11.5 Å². The van der Waals surface area contributed by atoms with Gasteiger partial charge in [-0.25, -0.2) is 0 Å². The third kappa shape index (κ3) is 6.17. The topological polar surface area (TPSA) is 72.9 Å². The molecule has 0 aliphatic heterocycles. The van der Waals surface area contributed by atoms with Crippen LogP contribution < -0.4 is 8.92 Å². The van der Waals surface area contributed by atoms with Gasteiger partial charge in [-0.3, -0.25) is 4.79 Å². The zero-order chi connectivity index (χ0) is 26.7. The summed E-state index contributed by atoms with van der Waals surface area (Å²) in [7, 11) is -3.31. The quantitative estimate of drug-likeness (QED) is 0.348. The van der Waals surface area contributed by atoms with Gasteiger partial charge in [0.1, 0.15) is 4.90 Å². The van der Waals surface area contributed by atoms with E-state index in [0.29, 0.717) is 17.2 Å². The summed E-state index contributed by atoms with van der Waals surface area (Å²) < 4.78 is 75.2. The van der Waals surface area contributed by atoms with Gasteiger partial charge in [0.2, 0.25) is 0 Å². The van der Waals surface area contributed by atoms with E-state index in [1.807, 2.05) is 32.9 Å². The first kappa shape index (κ1) is 27.1. The van der Waals surface area contributed by atoms with Crippen molar-refractivity contribution in [2.45, 2.75) is 44.4 Å². The first-order valence-electron chi connectivity index (χ1n) is 11.0. The molecule has 192 valence electrons. The number of benzene rings is 3. The van der Waals surface area contributed by atoms with Gasteiger partial charge in [-0.1, -0.05) is 30.3 Å². The van der Waals surface area contributed by atoms with Crippen molar-refractivity contribution in [3.63, 3.8) is 0 Å². The smallest absolute Gasteiger partial charge is 0.416 e. The molecule has 1 amide bonds. The molecule has 0 bridgehead atoms. The van der Waals surface area contributed by atoms with Gasteiger partial charge in [0, 0.05) is 18.2 Å². The lowest BCUT2D eigenvalue weighted by Crippen LogP contribution is -2.36. The van der Waals surface area contributed by atoms with Crippen molar-refractivity contribution in [1.82, 2.24) is 4.90 Å². The standard InChI is InChI=1S/C26H26F3NO5S/c1-17(2)30(25(31)22-11-6-5-8-18(22)3)16-19-12-13-23(34-4)24(14-19)35-36(32,33)21-10-7-9-20(15-21)26(27,28)29/h5-15,17H,16H2,1-4H3. The minimum atomic E-state index is -4.72. The van der Waals surface area contributed by atoms with E-state index >= 15 is 0 Å². The molecule has 0 radical (unpaired) electrons. The number of ether oxygens (including phenoxy) is 1. The predicted octanol–water partition coefficient (Wildman–Crippen LogP) is 5.84. The average Bonchev–Trinajstić information content (AvgIpc) is 2.82. The Hall–Kier alpha value is -3.53. The molecule has 10 heteroatoms. The summed E-state index contributed by atoms with van der Waals surface area (Å²) in [4.78, 5) is 14.2. The number of methoxy groups -OCH3 is 1. The molecular formula is C26H26F3NO5S. The highest BCUT2D eigenvalue weighted by atomic mass is 32.2. The van der Waals surface area contributed by atoms with Crippen molar-refractivity contribution in [2.24, 2.45) is 0 Å². The first-order valence-corrected chi connectivity index (χ1v) is 12.4. The third-order valence-electron chi connectivity index (χ3n) is 5.49. The fourth-order valence-electron chi connectivity index (χ4n) is 3.53. The van der Waals surface area contributed by atoms with Crippen molar-refractivity contribution >= 4 is 16.0 Å². The molecule has 36 heavy (non-hydrogen) atoms. The van der Waals surface area contributed by atoms with Crippen molar-refractivity contribution in [2.75, 3.05) is 7.11 Å². The number of carbonyl (C=O) groups is 1. The van der Waals surface area contributed by atoms with E-state index in [1.165, 1.54) is 19.2 Å². The maximum absolute atomic E-state index is 13.2. The van der Waals surface area contributed by atoms with Crippen molar-refractivity contribution in [3.8, 4) is 11.5 Å². The largest absolute Gasteiger partial charge is 0.493 e. The maximum Gasteiger partial charge on any atom is 0.416 e. The number of hydrogen-bond acceptors (Lipinski definition) is 5. The minimum absolute atomic E-state index is 0.0654. The van der Waals surface area contributed by atoms with Crippen molar-refractivity contribution in [3.05, 3.63) is 89.0 Å².